The number of imidazole rings is 1. The van der Waals surface area contributed by atoms with Crippen LogP contribution in [0.2, 0.25) is 0 Å². The number of aromatic amines is 2. The number of para-hydroxylation sites is 1. The number of nitrogens with one attached hydrogen (secondary N) is 2. The van der Waals surface area contributed by atoms with E-state index in [1.807, 2.05) is 35.2 Å². The van der Waals surface area contributed by atoms with Crippen LogP contribution in [0.5, 0.6) is 0 Å². The number of aromatic nitrogens is 3. The average Bonchev–Trinajstić information content (AvgIpc) is 3.34. The minimum Gasteiger partial charge on any atom is -0.351 e. The van der Waals surface area contributed by atoms with E-state index in [9.17, 15) is 9.59 Å². The summed E-state index contributed by atoms with van der Waals surface area (Å²) in [6.07, 6.45) is 6.05. The van der Waals surface area contributed by atoms with Gasteiger partial charge < -0.3 is 19.8 Å². The van der Waals surface area contributed by atoms with E-state index in [0.717, 1.165) is 60.9 Å². The van der Waals surface area contributed by atoms with Gasteiger partial charge in [-0.2, -0.15) is 0 Å². The Hall–Kier alpha value is -3.09. The van der Waals surface area contributed by atoms with E-state index in [0.29, 0.717) is 18.8 Å². The fraction of sp³-hybridized carbons (Fsp3) is 0.435. The van der Waals surface area contributed by atoms with Crippen LogP contribution in [0.15, 0.2) is 36.7 Å². The fourth-order valence-electron chi connectivity index (χ4n) is 5.30. The van der Waals surface area contributed by atoms with Crippen molar-refractivity contribution in [3.05, 3.63) is 53.7 Å². The standard InChI is InChI=1S/C23H25N5O2/c29-21(15-5-6-15)28-10-7-18-20(25-14-24-18)23(28)8-11-27(12-9-23)22(30)19-13-16-3-1-2-4-17(16)26-19/h1-4,13-15,26H,5-12H2,(H,24,25). The maximum atomic E-state index is 13.2. The number of likely N-dealkylation sites (tertiary alicyclic amines) is 1. The van der Waals surface area contributed by atoms with Crippen molar-refractivity contribution < 1.29 is 9.59 Å². The molecule has 2 aromatic heterocycles. The van der Waals surface area contributed by atoms with Gasteiger partial charge in [0.2, 0.25) is 5.91 Å². The number of H-pyrrole nitrogens is 2. The highest BCUT2D eigenvalue weighted by Crippen LogP contribution is 2.45. The second-order valence-corrected chi connectivity index (χ2v) is 8.84. The minimum absolute atomic E-state index is 0.0270. The van der Waals surface area contributed by atoms with Crippen molar-refractivity contribution >= 4 is 22.7 Å². The Bertz CT molecular complexity index is 1100. The monoisotopic (exact) mass is 403 g/mol. The Morgan fingerprint density at radius 3 is 2.67 bits per heavy atom. The molecular weight excluding hydrogens is 378 g/mol. The molecule has 154 valence electrons. The van der Waals surface area contributed by atoms with Crippen LogP contribution in [0.3, 0.4) is 0 Å². The summed E-state index contributed by atoms with van der Waals surface area (Å²) >= 11 is 0. The highest BCUT2D eigenvalue weighted by atomic mass is 16.2. The first-order valence-electron chi connectivity index (χ1n) is 10.9. The number of benzene rings is 1. The molecule has 0 atom stereocenters. The highest BCUT2D eigenvalue weighted by Gasteiger charge is 2.51. The van der Waals surface area contributed by atoms with Crippen LogP contribution in [-0.2, 0) is 16.8 Å². The molecule has 1 saturated carbocycles. The topological polar surface area (TPSA) is 85.1 Å². The largest absolute Gasteiger partial charge is 0.351 e. The van der Waals surface area contributed by atoms with Gasteiger partial charge in [0, 0.05) is 48.6 Å². The van der Waals surface area contributed by atoms with E-state index >= 15 is 0 Å². The Morgan fingerprint density at radius 2 is 1.90 bits per heavy atom. The van der Waals surface area contributed by atoms with Crippen LogP contribution in [0.1, 0.15) is 47.6 Å². The second kappa shape index (κ2) is 6.45. The first-order chi connectivity index (χ1) is 14.7. The number of fused-ring (bicyclic) bond motifs is 3. The quantitative estimate of drug-likeness (QED) is 0.690. The van der Waals surface area contributed by atoms with Crippen LogP contribution in [0.4, 0.5) is 0 Å². The van der Waals surface area contributed by atoms with Gasteiger partial charge in [0.05, 0.1) is 17.6 Å². The van der Waals surface area contributed by atoms with Gasteiger partial charge in [-0.1, -0.05) is 18.2 Å². The van der Waals surface area contributed by atoms with E-state index in [1.54, 1.807) is 6.33 Å². The zero-order chi connectivity index (χ0) is 20.3. The Labute approximate surface area is 174 Å². The molecule has 2 aliphatic heterocycles. The maximum Gasteiger partial charge on any atom is 0.270 e. The lowest BCUT2D eigenvalue weighted by molar-refractivity contribution is -0.143. The average molecular weight is 403 g/mol. The van der Waals surface area contributed by atoms with Crippen LogP contribution in [0.25, 0.3) is 10.9 Å². The lowest BCUT2D eigenvalue weighted by Crippen LogP contribution is -2.59. The summed E-state index contributed by atoms with van der Waals surface area (Å²) in [5.74, 6) is 0.492. The summed E-state index contributed by atoms with van der Waals surface area (Å²) in [7, 11) is 0. The summed E-state index contributed by atoms with van der Waals surface area (Å²) in [5, 5.41) is 1.05. The van der Waals surface area contributed by atoms with Gasteiger partial charge in [-0.3, -0.25) is 9.59 Å². The van der Waals surface area contributed by atoms with Crippen LogP contribution >= 0.6 is 0 Å². The molecule has 2 N–H and O–H groups in total. The van der Waals surface area contributed by atoms with Gasteiger partial charge in [-0.25, -0.2) is 4.98 Å². The number of piperidine rings is 1. The SMILES string of the molecule is O=C(c1cc2ccccc2[nH]1)N1CCC2(CC1)c1nc[nH]c1CCN2C(=O)C1CC1. The van der Waals surface area contributed by atoms with Crippen molar-refractivity contribution in [1.82, 2.24) is 24.8 Å². The van der Waals surface area contributed by atoms with Crippen LogP contribution in [0, 0.1) is 5.92 Å². The number of carbonyl (C=O) groups excluding carboxylic acids is 2. The summed E-state index contributed by atoms with van der Waals surface area (Å²) in [6, 6.07) is 9.87. The Balaban J connectivity index is 1.27. The van der Waals surface area contributed by atoms with Crippen LogP contribution < -0.4 is 0 Å². The summed E-state index contributed by atoms with van der Waals surface area (Å²) in [4.78, 5) is 41.4. The summed E-state index contributed by atoms with van der Waals surface area (Å²) < 4.78 is 0. The molecule has 1 saturated heterocycles. The zero-order valence-electron chi connectivity index (χ0n) is 16.9. The smallest absolute Gasteiger partial charge is 0.270 e. The third kappa shape index (κ3) is 2.61. The third-order valence-electron chi connectivity index (χ3n) is 7.09. The van der Waals surface area contributed by atoms with Crippen molar-refractivity contribution in [3.63, 3.8) is 0 Å². The molecule has 4 heterocycles. The van der Waals surface area contributed by atoms with Gasteiger partial charge in [-0.05, 0) is 37.8 Å². The molecule has 30 heavy (non-hydrogen) atoms. The predicted octanol–water partition coefficient (Wildman–Crippen LogP) is 2.82. The van der Waals surface area contributed by atoms with Gasteiger partial charge in [0.25, 0.3) is 5.91 Å². The molecule has 7 nitrogen and oxygen atoms in total. The van der Waals surface area contributed by atoms with Crippen molar-refractivity contribution in [2.75, 3.05) is 19.6 Å². The molecule has 6 rings (SSSR count). The summed E-state index contributed by atoms with van der Waals surface area (Å²) in [5.41, 5.74) is 3.38. The Kier molecular flexibility index (Phi) is 3.82. The molecule has 1 spiro atoms. The molecule has 2 fully saturated rings. The summed E-state index contributed by atoms with van der Waals surface area (Å²) in [6.45, 7) is 1.98. The lowest BCUT2D eigenvalue weighted by Gasteiger charge is -2.50. The number of hydrogen-bond donors (Lipinski definition) is 2. The van der Waals surface area contributed by atoms with E-state index in [2.05, 4.69) is 19.9 Å². The molecule has 1 aromatic carbocycles. The van der Waals surface area contributed by atoms with Gasteiger partial charge in [0.15, 0.2) is 0 Å². The molecule has 3 aliphatic rings. The van der Waals surface area contributed by atoms with Gasteiger partial charge >= 0.3 is 0 Å². The van der Waals surface area contributed by atoms with E-state index in [1.165, 1.54) is 0 Å². The van der Waals surface area contributed by atoms with E-state index in [-0.39, 0.29) is 23.3 Å². The van der Waals surface area contributed by atoms with Crippen LogP contribution in [-0.4, -0.2) is 56.2 Å². The van der Waals surface area contributed by atoms with Crippen molar-refractivity contribution in [2.24, 2.45) is 5.92 Å². The third-order valence-corrected chi connectivity index (χ3v) is 7.09. The van der Waals surface area contributed by atoms with Gasteiger partial charge in [0.1, 0.15) is 5.69 Å². The predicted molar refractivity (Wildman–Crippen MR) is 112 cm³/mol. The lowest BCUT2D eigenvalue weighted by atomic mass is 9.78. The number of carbonyl (C=O) groups is 2. The minimum atomic E-state index is -0.384. The molecule has 3 aromatic rings. The van der Waals surface area contributed by atoms with E-state index < -0.39 is 0 Å². The molecule has 0 unspecified atom stereocenters. The highest BCUT2D eigenvalue weighted by molar-refractivity contribution is 5.98. The first-order valence-corrected chi connectivity index (χ1v) is 10.9. The molecule has 1 aliphatic carbocycles. The number of rotatable bonds is 2. The maximum absolute atomic E-state index is 13.2. The van der Waals surface area contributed by atoms with Crippen molar-refractivity contribution in [3.8, 4) is 0 Å². The van der Waals surface area contributed by atoms with Gasteiger partial charge in [-0.15, -0.1) is 0 Å². The van der Waals surface area contributed by atoms with Crippen molar-refractivity contribution in [2.45, 2.75) is 37.6 Å². The number of nitrogens with zero attached hydrogens (tertiary/aromatic N) is 3. The molecule has 0 radical (unpaired) electrons. The Morgan fingerprint density at radius 1 is 1.10 bits per heavy atom. The van der Waals surface area contributed by atoms with Crippen molar-refractivity contribution in [1.29, 1.82) is 0 Å². The van der Waals surface area contributed by atoms with E-state index in [4.69, 9.17) is 0 Å². The molecular formula is C23H25N5O2. The molecule has 2 amide bonds. The zero-order valence-corrected chi connectivity index (χ0v) is 16.9. The normalized spacial score (nSPS) is 20.5. The fourth-order valence-corrected chi connectivity index (χ4v) is 5.30. The number of hydrogen-bond acceptors (Lipinski definition) is 3. The first kappa shape index (κ1) is 17.7. The second-order valence-electron chi connectivity index (χ2n) is 8.84. The number of amides is 2. The molecule has 0 bridgehead atoms. The molecule has 7 heteroatoms.